The Kier molecular flexibility index (Phi) is 4.82. The van der Waals surface area contributed by atoms with Crippen molar-refractivity contribution in [1.29, 1.82) is 0 Å². The second-order valence-corrected chi connectivity index (χ2v) is 4.41. The Hall–Kier alpha value is -0.830. The van der Waals surface area contributed by atoms with Crippen LogP contribution in [0, 0.1) is 5.92 Å². The van der Waals surface area contributed by atoms with E-state index in [1.807, 2.05) is 0 Å². The zero-order chi connectivity index (χ0) is 11.3. The molecule has 0 saturated heterocycles. The molecule has 1 aromatic heterocycles. The third kappa shape index (κ3) is 4.47. The zero-order valence-corrected chi connectivity index (χ0v) is 10.3. The normalized spacial score (nSPS) is 14.7. The highest BCUT2D eigenvalue weighted by Gasteiger charge is 2.07. The molecule has 0 radical (unpaired) electrons. The number of hydrogen-bond donors (Lipinski definition) is 1. The fourth-order valence-corrected chi connectivity index (χ4v) is 1.64. The standard InChI is InChI=1S/C11H18ClN3/c1-4-8(2)5-9(3)14-11-7-13-6-10(12)15-11/h6-9H,4-5H2,1-3H3,(H,14,15). The fourth-order valence-electron chi connectivity index (χ4n) is 1.49. The Labute approximate surface area is 96.3 Å². The van der Waals surface area contributed by atoms with Crippen LogP contribution in [0.15, 0.2) is 12.4 Å². The summed E-state index contributed by atoms with van der Waals surface area (Å²) >= 11 is 5.75. The van der Waals surface area contributed by atoms with Crippen LogP contribution in [-0.2, 0) is 0 Å². The SMILES string of the molecule is CCC(C)CC(C)Nc1cncc(Cl)n1. The highest BCUT2D eigenvalue weighted by molar-refractivity contribution is 6.29. The summed E-state index contributed by atoms with van der Waals surface area (Å²) in [5.74, 6) is 1.47. The molecule has 0 fully saturated rings. The molecule has 84 valence electrons. The van der Waals surface area contributed by atoms with Gasteiger partial charge in [-0.15, -0.1) is 0 Å². The fraction of sp³-hybridized carbons (Fsp3) is 0.636. The number of nitrogens with zero attached hydrogens (tertiary/aromatic N) is 2. The summed E-state index contributed by atoms with van der Waals surface area (Å²) in [6.07, 6.45) is 5.56. The van der Waals surface area contributed by atoms with Gasteiger partial charge in [0.25, 0.3) is 0 Å². The van der Waals surface area contributed by atoms with E-state index in [0.717, 1.165) is 18.2 Å². The molecule has 0 aliphatic heterocycles. The average molecular weight is 228 g/mol. The maximum atomic E-state index is 5.75. The van der Waals surface area contributed by atoms with E-state index in [1.54, 1.807) is 6.20 Å². The summed E-state index contributed by atoms with van der Waals surface area (Å²) < 4.78 is 0. The van der Waals surface area contributed by atoms with Gasteiger partial charge < -0.3 is 5.32 Å². The van der Waals surface area contributed by atoms with Gasteiger partial charge in [-0.25, -0.2) is 4.98 Å². The Bertz CT molecular complexity index is 304. The van der Waals surface area contributed by atoms with Gasteiger partial charge in [-0.3, -0.25) is 4.98 Å². The third-order valence-corrected chi connectivity index (χ3v) is 2.63. The smallest absolute Gasteiger partial charge is 0.149 e. The van der Waals surface area contributed by atoms with Crippen LogP contribution in [0.3, 0.4) is 0 Å². The first-order valence-corrected chi connectivity index (χ1v) is 5.73. The summed E-state index contributed by atoms with van der Waals surface area (Å²) in [7, 11) is 0. The first-order chi connectivity index (χ1) is 7.11. The van der Waals surface area contributed by atoms with E-state index in [0.29, 0.717) is 11.2 Å². The van der Waals surface area contributed by atoms with Crippen molar-refractivity contribution in [3.05, 3.63) is 17.5 Å². The molecule has 4 heteroatoms. The van der Waals surface area contributed by atoms with Crippen molar-refractivity contribution < 1.29 is 0 Å². The Morgan fingerprint density at radius 2 is 2.13 bits per heavy atom. The molecule has 1 rings (SSSR count). The van der Waals surface area contributed by atoms with Crippen molar-refractivity contribution in [3.63, 3.8) is 0 Å². The number of aromatic nitrogens is 2. The lowest BCUT2D eigenvalue weighted by atomic mass is 10.0. The lowest BCUT2D eigenvalue weighted by Crippen LogP contribution is -2.19. The van der Waals surface area contributed by atoms with Crippen LogP contribution >= 0.6 is 11.6 Å². The van der Waals surface area contributed by atoms with Crippen molar-refractivity contribution in [2.45, 2.75) is 39.7 Å². The van der Waals surface area contributed by atoms with Crippen LogP contribution in [0.5, 0.6) is 0 Å². The van der Waals surface area contributed by atoms with Gasteiger partial charge >= 0.3 is 0 Å². The van der Waals surface area contributed by atoms with E-state index >= 15 is 0 Å². The quantitative estimate of drug-likeness (QED) is 0.838. The zero-order valence-electron chi connectivity index (χ0n) is 9.50. The summed E-state index contributed by atoms with van der Waals surface area (Å²) in [5, 5.41) is 3.72. The van der Waals surface area contributed by atoms with Crippen LogP contribution in [0.4, 0.5) is 5.82 Å². The molecule has 0 bridgehead atoms. The molecule has 0 aliphatic carbocycles. The van der Waals surface area contributed by atoms with Crippen LogP contribution in [0.2, 0.25) is 5.15 Å². The number of rotatable bonds is 5. The van der Waals surface area contributed by atoms with Crippen LogP contribution < -0.4 is 5.32 Å². The lowest BCUT2D eigenvalue weighted by Gasteiger charge is -2.17. The topological polar surface area (TPSA) is 37.8 Å². The Morgan fingerprint density at radius 1 is 1.40 bits per heavy atom. The monoisotopic (exact) mass is 227 g/mol. The predicted molar refractivity (Wildman–Crippen MR) is 64.2 cm³/mol. The molecule has 0 saturated carbocycles. The second-order valence-electron chi connectivity index (χ2n) is 4.02. The maximum absolute atomic E-state index is 5.75. The summed E-state index contributed by atoms with van der Waals surface area (Å²) in [5.41, 5.74) is 0. The molecule has 2 unspecified atom stereocenters. The first kappa shape index (κ1) is 12.2. The van der Waals surface area contributed by atoms with E-state index in [1.165, 1.54) is 12.6 Å². The van der Waals surface area contributed by atoms with Crippen molar-refractivity contribution in [1.82, 2.24) is 9.97 Å². The molecular weight excluding hydrogens is 210 g/mol. The molecule has 2 atom stereocenters. The van der Waals surface area contributed by atoms with Gasteiger partial charge in [-0.1, -0.05) is 31.9 Å². The number of halogens is 1. The minimum atomic E-state index is 0.396. The molecule has 0 aromatic carbocycles. The largest absolute Gasteiger partial charge is 0.366 e. The minimum Gasteiger partial charge on any atom is -0.366 e. The molecule has 1 aromatic rings. The molecule has 15 heavy (non-hydrogen) atoms. The van der Waals surface area contributed by atoms with Gasteiger partial charge in [0.15, 0.2) is 0 Å². The summed E-state index contributed by atoms with van der Waals surface area (Å²) in [6, 6.07) is 0.396. The van der Waals surface area contributed by atoms with Gasteiger partial charge in [-0.2, -0.15) is 0 Å². The Morgan fingerprint density at radius 3 is 2.73 bits per heavy atom. The molecule has 0 aliphatic rings. The molecule has 3 nitrogen and oxygen atoms in total. The second kappa shape index (κ2) is 5.91. The van der Waals surface area contributed by atoms with Crippen LogP contribution in [-0.4, -0.2) is 16.0 Å². The number of nitrogens with one attached hydrogen (secondary N) is 1. The third-order valence-electron chi connectivity index (χ3n) is 2.45. The first-order valence-electron chi connectivity index (χ1n) is 5.36. The van der Waals surface area contributed by atoms with Gasteiger partial charge in [0.2, 0.25) is 0 Å². The van der Waals surface area contributed by atoms with Crippen molar-refractivity contribution in [2.75, 3.05) is 5.32 Å². The summed E-state index contributed by atoms with van der Waals surface area (Å²) in [6.45, 7) is 6.60. The van der Waals surface area contributed by atoms with Crippen LogP contribution in [0.1, 0.15) is 33.6 Å². The summed E-state index contributed by atoms with van der Waals surface area (Å²) in [4.78, 5) is 8.12. The average Bonchev–Trinajstić information content (AvgIpc) is 2.17. The van der Waals surface area contributed by atoms with Crippen molar-refractivity contribution in [3.8, 4) is 0 Å². The van der Waals surface area contributed by atoms with Crippen LogP contribution in [0.25, 0.3) is 0 Å². The minimum absolute atomic E-state index is 0.396. The van der Waals surface area contributed by atoms with E-state index in [4.69, 9.17) is 11.6 Å². The molecule has 0 amide bonds. The number of hydrogen-bond acceptors (Lipinski definition) is 3. The van der Waals surface area contributed by atoms with Gasteiger partial charge in [0.1, 0.15) is 11.0 Å². The molecular formula is C11H18ClN3. The van der Waals surface area contributed by atoms with E-state index in [-0.39, 0.29) is 0 Å². The highest BCUT2D eigenvalue weighted by atomic mass is 35.5. The lowest BCUT2D eigenvalue weighted by molar-refractivity contribution is 0.483. The van der Waals surface area contributed by atoms with Gasteiger partial charge in [-0.05, 0) is 19.3 Å². The molecule has 1 heterocycles. The number of anilines is 1. The highest BCUT2D eigenvalue weighted by Crippen LogP contribution is 2.14. The van der Waals surface area contributed by atoms with E-state index < -0.39 is 0 Å². The van der Waals surface area contributed by atoms with Gasteiger partial charge in [0.05, 0.1) is 12.4 Å². The molecule has 0 spiro atoms. The van der Waals surface area contributed by atoms with Crippen molar-refractivity contribution in [2.24, 2.45) is 5.92 Å². The van der Waals surface area contributed by atoms with E-state index in [9.17, 15) is 0 Å². The maximum Gasteiger partial charge on any atom is 0.149 e. The van der Waals surface area contributed by atoms with Crippen molar-refractivity contribution >= 4 is 17.4 Å². The molecule has 1 N–H and O–H groups in total. The van der Waals surface area contributed by atoms with Gasteiger partial charge in [0, 0.05) is 6.04 Å². The Balaban J connectivity index is 2.47. The predicted octanol–water partition coefficient (Wildman–Crippen LogP) is 3.37. The van der Waals surface area contributed by atoms with E-state index in [2.05, 4.69) is 36.1 Å².